The Bertz CT molecular complexity index is 318. The predicted molar refractivity (Wildman–Crippen MR) is 77.9 cm³/mol. The van der Waals surface area contributed by atoms with E-state index < -0.39 is 0 Å². The van der Waals surface area contributed by atoms with Crippen LogP contribution in [0.3, 0.4) is 0 Å². The number of hydrogen-bond acceptors (Lipinski definition) is 2. The first kappa shape index (κ1) is 15.2. The van der Waals surface area contributed by atoms with Crippen molar-refractivity contribution >= 4 is 0 Å². The van der Waals surface area contributed by atoms with E-state index in [0.29, 0.717) is 12.0 Å². The Hall–Kier alpha value is -0.860. The smallest absolute Gasteiger partial charge is 0.0716 e. The van der Waals surface area contributed by atoms with Crippen molar-refractivity contribution in [2.24, 2.45) is 0 Å². The highest BCUT2D eigenvalue weighted by Crippen LogP contribution is 2.15. The third-order valence-electron chi connectivity index (χ3n) is 3.00. The number of rotatable bonds is 8. The van der Waals surface area contributed by atoms with Crippen molar-refractivity contribution in [2.45, 2.75) is 52.7 Å². The molecular formula is C16H27NO. The quantitative estimate of drug-likeness (QED) is 0.709. The summed E-state index contributed by atoms with van der Waals surface area (Å²) < 4.78 is 5.54. The van der Waals surface area contributed by atoms with Gasteiger partial charge in [0.1, 0.15) is 0 Å². The van der Waals surface area contributed by atoms with E-state index in [1.165, 1.54) is 11.1 Å². The van der Waals surface area contributed by atoms with Crippen molar-refractivity contribution in [1.82, 2.24) is 5.32 Å². The minimum atomic E-state index is 0.550. The van der Waals surface area contributed by atoms with Crippen LogP contribution in [-0.2, 0) is 11.3 Å². The molecule has 1 rings (SSSR count). The summed E-state index contributed by atoms with van der Waals surface area (Å²) in [4.78, 5) is 0. The Morgan fingerprint density at radius 3 is 2.33 bits per heavy atom. The molecule has 1 aromatic carbocycles. The standard InChI is InChI=1S/C16H27NO/c1-5-10-18-12-15-6-8-16(9-7-15)14(4)11-17-13(2)3/h6-9,13-14,17H,5,10-12H2,1-4H3. The number of hydrogen-bond donors (Lipinski definition) is 1. The SMILES string of the molecule is CCCOCc1ccc(C(C)CNC(C)C)cc1. The highest BCUT2D eigenvalue weighted by atomic mass is 16.5. The van der Waals surface area contributed by atoms with Crippen LogP contribution in [0.25, 0.3) is 0 Å². The lowest BCUT2D eigenvalue weighted by Crippen LogP contribution is -2.26. The molecule has 0 spiro atoms. The molecule has 0 saturated carbocycles. The lowest BCUT2D eigenvalue weighted by Gasteiger charge is -2.15. The molecule has 0 aliphatic heterocycles. The average Bonchev–Trinajstić information content (AvgIpc) is 2.37. The third kappa shape index (κ3) is 5.65. The highest BCUT2D eigenvalue weighted by molar-refractivity contribution is 5.24. The van der Waals surface area contributed by atoms with Crippen molar-refractivity contribution < 1.29 is 4.74 Å². The molecule has 2 heteroatoms. The molecule has 2 nitrogen and oxygen atoms in total. The Labute approximate surface area is 112 Å². The first-order valence-corrected chi connectivity index (χ1v) is 7.03. The van der Waals surface area contributed by atoms with E-state index in [-0.39, 0.29) is 0 Å². The monoisotopic (exact) mass is 249 g/mol. The van der Waals surface area contributed by atoms with Gasteiger partial charge in [0.2, 0.25) is 0 Å². The van der Waals surface area contributed by atoms with Crippen LogP contribution in [-0.4, -0.2) is 19.2 Å². The van der Waals surface area contributed by atoms with Crippen LogP contribution in [0, 0.1) is 0 Å². The van der Waals surface area contributed by atoms with E-state index >= 15 is 0 Å². The second-order valence-electron chi connectivity index (χ2n) is 5.26. The largest absolute Gasteiger partial charge is 0.377 e. The highest BCUT2D eigenvalue weighted by Gasteiger charge is 2.05. The van der Waals surface area contributed by atoms with Gasteiger partial charge >= 0.3 is 0 Å². The Balaban J connectivity index is 2.43. The van der Waals surface area contributed by atoms with Crippen molar-refractivity contribution in [2.75, 3.05) is 13.2 Å². The maximum absolute atomic E-state index is 5.54. The first-order chi connectivity index (χ1) is 8.63. The molecule has 0 bridgehead atoms. The van der Waals surface area contributed by atoms with Gasteiger partial charge in [-0.1, -0.05) is 52.0 Å². The molecular weight excluding hydrogens is 222 g/mol. The summed E-state index contributed by atoms with van der Waals surface area (Å²) in [5.74, 6) is 0.554. The van der Waals surface area contributed by atoms with E-state index in [1.54, 1.807) is 0 Å². The van der Waals surface area contributed by atoms with Crippen molar-refractivity contribution in [3.05, 3.63) is 35.4 Å². The molecule has 0 saturated heterocycles. The lowest BCUT2D eigenvalue weighted by atomic mass is 9.99. The molecule has 1 N–H and O–H groups in total. The van der Waals surface area contributed by atoms with E-state index in [2.05, 4.69) is 57.3 Å². The van der Waals surface area contributed by atoms with Crippen molar-refractivity contribution in [3.8, 4) is 0 Å². The van der Waals surface area contributed by atoms with E-state index in [9.17, 15) is 0 Å². The number of nitrogens with one attached hydrogen (secondary N) is 1. The maximum atomic E-state index is 5.54. The molecule has 18 heavy (non-hydrogen) atoms. The van der Waals surface area contributed by atoms with Gasteiger partial charge in [-0.3, -0.25) is 0 Å². The van der Waals surface area contributed by atoms with E-state index in [1.807, 2.05) is 0 Å². The molecule has 0 fully saturated rings. The summed E-state index contributed by atoms with van der Waals surface area (Å²) in [5.41, 5.74) is 2.65. The van der Waals surface area contributed by atoms with Gasteiger partial charge in [-0.25, -0.2) is 0 Å². The van der Waals surface area contributed by atoms with Gasteiger partial charge in [0.05, 0.1) is 6.61 Å². The van der Waals surface area contributed by atoms with Gasteiger partial charge in [-0.05, 0) is 23.5 Å². The van der Waals surface area contributed by atoms with Crippen LogP contribution in [0.5, 0.6) is 0 Å². The van der Waals surface area contributed by atoms with Gasteiger partial charge in [0.25, 0.3) is 0 Å². The third-order valence-corrected chi connectivity index (χ3v) is 3.00. The van der Waals surface area contributed by atoms with Crippen LogP contribution in [0.4, 0.5) is 0 Å². The van der Waals surface area contributed by atoms with Crippen LogP contribution in [0.1, 0.15) is 51.2 Å². The van der Waals surface area contributed by atoms with Crippen molar-refractivity contribution in [3.63, 3.8) is 0 Å². The number of ether oxygens (including phenoxy) is 1. The van der Waals surface area contributed by atoms with Gasteiger partial charge < -0.3 is 10.1 Å². The summed E-state index contributed by atoms with van der Waals surface area (Å²) in [7, 11) is 0. The van der Waals surface area contributed by atoms with Gasteiger partial charge in [0, 0.05) is 19.2 Å². The molecule has 1 unspecified atom stereocenters. The minimum absolute atomic E-state index is 0.550. The second-order valence-corrected chi connectivity index (χ2v) is 5.26. The van der Waals surface area contributed by atoms with Crippen LogP contribution in [0.2, 0.25) is 0 Å². The fourth-order valence-corrected chi connectivity index (χ4v) is 1.81. The average molecular weight is 249 g/mol. The number of benzene rings is 1. The fourth-order valence-electron chi connectivity index (χ4n) is 1.81. The summed E-state index contributed by atoms with van der Waals surface area (Å²) >= 11 is 0. The summed E-state index contributed by atoms with van der Waals surface area (Å²) in [6.45, 7) is 11.4. The van der Waals surface area contributed by atoms with E-state index in [4.69, 9.17) is 4.74 Å². The Morgan fingerprint density at radius 2 is 1.78 bits per heavy atom. The molecule has 0 aromatic heterocycles. The zero-order chi connectivity index (χ0) is 13.4. The van der Waals surface area contributed by atoms with Crippen LogP contribution in [0.15, 0.2) is 24.3 Å². The normalized spacial score (nSPS) is 12.9. The zero-order valence-electron chi connectivity index (χ0n) is 12.2. The minimum Gasteiger partial charge on any atom is -0.377 e. The maximum Gasteiger partial charge on any atom is 0.0716 e. The summed E-state index contributed by atoms with van der Waals surface area (Å²) in [6, 6.07) is 9.34. The van der Waals surface area contributed by atoms with E-state index in [0.717, 1.165) is 26.2 Å². The van der Waals surface area contributed by atoms with Gasteiger partial charge in [0.15, 0.2) is 0 Å². The van der Waals surface area contributed by atoms with Crippen molar-refractivity contribution in [1.29, 1.82) is 0 Å². The molecule has 1 aromatic rings. The van der Waals surface area contributed by atoms with Crippen LogP contribution < -0.4 is 5.32 Å². The zero-order valence-corrected chi connectivity index (χ0v) is 12.2. The lowest BCUT2D eigenvalue weighted by molar-refractivity contribution is 0.121. The molecule has 0 aliphatic carbocycles. The molecule has 1 atom stereocenters. The van der Waals surface area contributed by atoms with Gasteiger partial charge in [-0.2, -0.15) is 0 Å². The summed E-state index contributed by atoms with van der Waals surface area (Å²) in [5, 5.41) is 3.48. The topological polar surface area (TPSA) is 21.3 Å². The van der Waals surface area contributed by atoms with Crippen LogP contribution >= 0.6 is 0 Å². The predicted octanol–water partition coefficient (Wildman–Crippen LogP) is 3.71. The first-order valence-electron chi connectivity index (χ1n) is 7.03. The Kier molecular flexibility index (Phi) is 6.99. The fraction of sp³-hybridized carbons (Fsp3) is 0.625. The Morgan fingerprint density at radius 1 is 1.11 bits per heavy atom. The molecule has 0 aliphatic rings. The molecule has 102 valence electrons. The molecule has 0 heterocycles. The summed E-state index contributed by atoms with van der Waals surface area (Å²) in [6.07, 6.45) is 1.08. The second kappa shape index (κ2) is 8.28. The van der Waals surface area contributed by atoms with Gasteiger partial charge in [-0.15, -0.1) is 0 Å². The molecule has 0 radical (unpaired) electrons. The molecule has 0 amide bonds.